The highest BCUT2D eigenvalue weighted by molar-refractivity contribution is 7.26. The van der Waals surface area contributed by atoms with Gasteiger partial charge in [-0.1, -0.05) is 6.07 Å². The van der Waals surface area contributed by atoms with Gasteiger partial charge in [0, 0.05) is 14.6 Å². The van der Waals surface area contributed by atoms with Crippen LogP contribution in [0.25, 0.3) is 19.5 Å². The molecule has 0 unspecified atom stereocenters. The molecule has 4 rings (SSSR count). The van der Waals surface area contributed by atoms with Gasteiger partial charge in [-0.3, -0.25) is 0 Å². The second kappa shape index (κ2) is 4.91. The molecule has 0 spiro atoms. The van der Waals surface area contributed by atoms with Crippen molar-refractivity contribution in [1.29, 1.82) is 0 Å². The van der Waals surface area contributed by atoms with Crippen molar-refractivity contribution in [2.75, 3.05) is 13.2 Å². The minimum Gasteiger partial charge on any atom is -0.485 e. The van der Waals surface area contributed by atoms with Crippen LogP contribution >= 0.6 is 34.0 Å². The molecule has 2 nitrogen and oxygen atoms in total. The fraction of sp³-hybridized carbons (Fsp3) is 0.200. The van der Waals surface area contributed by atoms with Crippen LogP contribution < -0.4 is 9.47 Å². The number of hydrogen-bond donors (Lipinski definition) is 0. The third kappa shape index (κ3) is 1.97. The molecule has 0 N–H and O–H groups in total. The van der Waals surface area contributed by atoms with Gasteiger partial charge in [-0.25, -0.2) is 0 Å². The summed E-state index contributed by atoms with van der Waals surface area (Å²) in [5.41, 5.74) is 0. The lowest BCUT2D eigenvalue weighted by Gasteiger charge is -2.16. The van der Waals surface area contributed by atoms with Crippen molar-refractivity contribution in [2.24, 2.45) is 0 Å². The Morgan fingerprint density at radius 1 is 0.900 bits per heavy atom. The van der Waals surface area contributed by atoms with Gasteiger partial charge in [-0.05, 0) is 30.5 Å². The Bertz CT molecular complexity index is 737. The molecule has 0 amide bonds. The number of thiophene rings is 3. The molecule has 4 heterocycles. The first kappa shape index (κ1) is 12.4. The Morgan fingerprint density at radius 2 is 1.65 bits per heavy atom. The van der Waals surface area contributed by atoms with E-state index in [-0.39, 0.29) is 0 Å². The molecule has 1 aliphatic rings. The van der Waals surface area contributed by atoms with Crippen LogP contribution in [0.15, 0.2) is 29.6 Å². The van der Waals surface area contributed by atoms with Crippen molar-refractivity contribution in [3.63, 3.8) is 0 Å². The molecular formula is C15H12O2S3. The zero-order chi connectivity index (χ0) is 13.5. The molecule has 0 aromatic carbocycles. The van der Waals surface area contributed by atoms with Gasteiger partial charge in [0.05, 0.1) is 9.75 Å². The second-order valence-electron chi connectivity index (χ2n) is 4.50. The summed E-state index contributed by atoms with van der Waals surface area (Å²) in [4.78, 5) is 6.21. The van der Waals surface area contributed by atoms with Crippen LogP contribution in [0.3, 0.4) is 0 Å². The summed E-state index contributed by atoms with van der Waals surface area (Å²) in [7, 11) is 0. The van der Waals surface area contributed by atoms with Crippen LogP contribution in [0.4, 0.5) is 0 Å². The van der Waals surface area contributed by atoms with Crippen molar-refractivity contribution in [3.8, 4) is 31.0 Å². The van der Waals surface area contributed by atoms with Gasteiger partial charge in [0.2, 0.25) is 0 Å². The minimum atomic E-state index is 0.630. The van der Waals surface area contributed by atoms with Crippen molar-refractivity contribution >= 4 is 34.0 Å². The molecule has 102 valence electrons. The van der Waals surface area contributed by atoms with Gasteiger partial charge < -0.3 is 9.47 Å². The van der Waals surface area contributed by atoms with Crippen molar-refractivity contribution in [2.45, 2.75) is 6.92 Å². The zero-order valence-electron chi connectivity index (χ0n) is 10.8. The first-order chi connectivity index (χ1) is 9.83. The van der Waals surface area contributed by atoms with E-state index in [1.807, 2.05) is 0 Å². The molecule has 1 aliphatic heterocycles. The third-order valence-electron chi connectivity index (χ3n) is 3.11. The van der Waals surface area contributed by atoms with E-state index in [1.54, 1.807) is 34.0 Å². The standard InChI is InChI=1S/C15H12O2S3/c1-9-4-5-11(19-9)15-13-12(16-6-7-17-13)14(20-15)10-3-2-8-18-10/h2-5,8H,6-7H2,1H3. The Morgan fingerprint density at radius 3 is 2.25 bits per heavy atom. The molecule has 0 atom stereocenters. The Kier molecular flexibility index (Phi) is 3.06. The summed E-state index contributed by atoms with van der Waals surface area (Å²) in [6.45, 7) is 3.39. The smallest absolute Gasteiger partial charge is 0.181 e. The average Bonchev–Trinajstić information content (AvgIpc) is 3.16. The first-order valence-corrected chi connectivity index (χ1v) is 8.87. The molecule has 3 aromatic rings. The van der Waals surface area contributed by atoms with Crippen LogP contribution in [0.5, 0.6) is 11.5 Å². The van der Waals surface area contributed by atoms with Crippen LogP contribution in [-0.4, -0.2) is 13.2 Å². The van der Waals surface area contributed by atoms with Crippen LogP contribution in [0.1, 0.15) is 4.88 Å². The molecule has 5 heteroatoms. The second-order valence-corrected chi connectivity index (χ2v) is 7.76. The first-order valence-electron chi connectivity index (χ1n) is 6.36. The number of fused-ring (bicyclic) bond motifs is 1. The van der Waals surface area contributed by atoms with E-state index in [2.05, 4.69) is 36.6 Å². The molecule has 3 aromatic heterocycles. The van der Waals surface area contributed by atoms with E-state index >= 15 is 0 Å². The third-order valence-corrected chi connectivity index (χ3v) is 6.49. The van der Waals surface area contributed by atoms with Gasteiger partial charge >= 0.3 is 0 Å². The predicted octanol–water partition coefficient (Wildman–Crippen LogP) is 5.28. The van der Waals surface area contributed by atoms with Crippen molar-refractivity contribution in [1.82, 2.24) is 0 Å². The summed E-state index contributed by atoms with van der Waals surface area (Å²) in [6.07, 6.45) is 0. The number of rotatable bonds is 2. The molecular weight excluding hydrogens is 308 g/mol. The Balaban J connectivity index is 1.92. The molecule has 0 saturated carbocycles. The number of aryl methyl sites for hydroxylation is 1. The highest BCUT2D eigenvalue weighted by atomic mass is 32.1. The van der Waals surface area contributed by atoms with Gasteiger partial charge in [0.25, 0.3) is 0 Å². The lowest BCUT2D eigenvalue weighted by Crippen LogP contribution is -2.14. The molecule has 0 bridgehead atoms. The van der Waals surface area contributed by atoms with Crippen LogP contribution in [0, 0.1) is 6.92 Å². The van der Waals surface area contributed by atoms with Crippen molar-refractivity contribution < 1.29 is 9.47 Å². The summed E-state index contributed by atoms with van der Waals surface area (Å²) in [6, 6.07) is 8.53. The van der Waals surface area contributed by atoms with E-state index in [0.717, 1.165) is 11.5 Å². The van der Waals surface area contributed by atoms with Crippen molar-refractivity contribution in [3.05, 3.63) is 34.5 Å². The number of hydrogen-bond acceptors (Lipinski definition) is 5. The van der Waals surface area contributed by atoms with E-state index in [4.69, 9.17) is 9.47 Å². The normalized spacial score (nSPS) is 13.7. The SMILES string of the molecule is Cc1ccc(-c2sc(-c3cccs3)c3c2OCCO3)s1. The summed E-state index contributed by atoms with van der Waals surface area (Å²) >= 11 is 5.31. The fourth-order valence-corrected chi connectivity index (χ4v) is 5.25. The quantitative estimate of drug-likeness (QED) is 0.639. The highest BCUT2D eigenvalue weighted by Gasteiger charge is 2.27. The van der Waals surface area contributed by atoms with E-state index in [0.29, 0.717) is 13.2 Å². The molecule has 0 fully saturated rings. The summed E-state index contributed by atoms with van der Waals surface area (Å²) in [5.74, 6) is 1.84. The fourth-order valence-electron chi connectivity index (χ4n) is 2.24. The summed E-state index contributed by atoms with van der Waals surface area (Å²) in [5, 5.41) is 2.10. The average molecular weight is 320 g/mol. The molecule has 0 radical (unpaired) electrons. The monoisotopic (exact) mass is 320 g/mol. The van der Waals surface area contributed by atoms with Gasteiger partial charge in [0.1, 0.15) is 13.2 Å². The van der Waals surface area contributed by atoms with E-state index < -0.39 is 0 Å². The van der Waals surface area contributed by atoms with Gasteiger partial charge in [-0.15, -0.1) is 34.0 Å². The molecule has 20 heavy (non-hydrogen) atoms. The minimum absolute atomic E-state index is 0.630. The zero-order valence-corrected chi connectivity index (χ0v) is 13.3. The maximum Gasteiger partial charge on any atom is 0.181 e. The van der Waals surface area contributed by atoms with E-state index in [9.17, 15) is 0 Å². The van der Waals surface area contributed by atoms with Crippen LogP contribution in [0.2, 0.25) is 0 Å². The largest absolute Gasteiger partial charge is 0.485 e. The van der Waals surface area contributed by atoms with Gasteiger partial charge in [0.15, 0.2) is 11.5 Å². The summed E-state index contributed by atoms with van der Waals surface area (Å²) < 4.78 is 11.8. The number of ether oxygens (including phenoxy) is 2. The maximum atomic E-state index is 5.89. The van der Waals surface area contributed by atoms with E-state index in [1.165, 1.54) is 24.4 Å². The van der Waals surface area contributed by atoms with Crippen LogP contribution in [-0.2, 0) is 0 Å². The molecule has 0 saturated heterocycles. The highest BCUT2D eigenvalue weighted by Crippen LogP contribution is 2.55. The molecule has 0 aliphatic carbocycles. The Labute approximate surface area is 129 Å². The lowest BCUT2D eigenvalue weighted by atomic mass is 10.3. The Hall–Kier alpha value is -1.30. The lowest BCUT2D eigenvalue weighted by molar-refractivity contribution is 0.175. The van der Waals surface area contributed by atoms with Gasteiger partial charge in [-0.2, -0.15) is 0 Å². The predicted molar refractivity (Wildman–Crippen MR) is 86.7 cm³/mol. The topological polar surface area (TPSA) is 18.5 Å². The maximum absolute atomic E-state index is 5.89.